The Kier molecular flexibility index (Phi) is 11.7. The Hall–Kier alpha value is -0.420. The lowest BCUT2D eigenvalue weighted by atomic mass is 9.44. The molecule has 1 heterocycles. The number of rotatable bonds is 14. The number of ether oxygens (including phenoxy) is 2. The molecule has 0 unspecified atom stereocenters. The number of halogens is 1. The molecule has 1 aliphatic heterocycles. The lowest BCUT2D eigenvalue weighted by Gasteiger charge is -2.61. The topological polar surface area (TPSA) is 21.7 Å². The maximum Gasteiger partial charge on any atom is 0.0720 e. The predicted octanol–water partition coefficient (Wildman–Crippen LogP) is 11.3. The van der Waals surface area contributed by atoms with Crippen molar-refractivity contribution in [3.63, 3.8) is 0 Å². The Labute approximate surface area is 291 Å². The number of unbranched alkanes of at least 4 members (excludes halogenated alkanes) is 2. The van der Waals surface area contributed by atoms with Gasteiger partial charge in [0.25, 0.3) is 0 Å². The number of fused-ring (bicyclic) bond motifs is 7. The largest absolute Gasteiger partial charge is 0.374 e. The fourth-order valence-corrected chi connectivity index (χ4v) is 12.5. The molecule has 1 aromatic carbocycles. The highest BCUT2D eigenvalue weighted by molar-refractivity contribution is 9.10. The van der Waals surface area contributed by atoms with Gasteiger partial charge in [-0.15, -0.1) is 0 Å². The Bertz CT molecular complexity index is 1100. The SMILES string of the molecule is CCCCN(CCCC)C[C@@H](C)CC[C@H]1O[C@H]2C[C@H]3[C@@H]4CC[C@@H]5C[C@@H](OCc6ccc(Br)cc6)CC[C@]5(C)[C@H]4CC[C@]3(C)[C@H]2[C@@H]1C. The van der Waals surface area contributed by atoms with E-state index in [1.807, 2.05) is 0 Å². The first kappa shape index (κ1) is 35.4. The van der Waals surface area contributed by atoms with Crippen molar-refractivity contribution < 1.29 is 9.47 Å². The Morgan fingerprint density at radius 2 is 1.65 bits per heavy atom. The van der Waals surface area contributed by atoms with Crippen molar-refractivity contribution in [2.24, 2.45) is 52.3 Å². The lowest BCUT2D eigenvalue weighted by molar-refractivity contribution is -0.139. The van der Waals surface area contributed by atoms with Crippen LogP contribution in [0.3, 0.4) is 0 Å². The molecular weight excluding hydrogens is 630 g/mol. The third kappa shape index (κ3) is 7.22. The summed E-state index contributed by atoms with van der Waals surface area (Å²) in [4.78, 5) is 2.76. The first-order valence-electron chi connectivity index (χ1n) is 19.9. The first-order chi connectivity index (χ1) is 22.2. The van der Waals surface area contributed by atoms with E-state index >= 15 is 0 Å². The molecular formula is C42H68BrNO2. The highest BCUT2D eigenvalue weighted by Crippen LogP contribution is 2.70. The molecule has 4 heteroatoms. The second-order valence-corrected chi connectivity index (χ2v) is 18.5. The molecule has 0 amide bonds. The van der Waals surface area contributed by atoms with E-state index in [2.05, 4.69) is 86.6 Å². The van der Waals surface area contributed by atoms with Crippen LogP contribution in [0, 0.1) is 52.3 Å². The summed E-state index contributed by atoms with van der Waals surface area (Å²) in [6.45, 7) is 19.8. The van der Waals surface area contributed by atoms with Crippen LogP contribution in [0.2, 0.25) is 0 Å². The molecule has 260 valence electrons. The molecule has 5 aliphatic rings. The minimum absolute atomic E-state index is 0.433. The normalized spacial score (nSPS) is 40.7. The quantitative estimate of drug-likeness (QED) is 0.193. The van der Waals surface area contributed by atoms with Gasteiger partial charge in [-0.05, 0) is 160 Å². The van der Waals surface area contributed by atoms with E-state index in [0.717, 1.165) is 46.6 Å². The molecule has 5 fully saturated rings. The average molecular weight is 699 g/mol. The van der Waals surface area contributed by atoms with E-state index in [9.17, 15) is 0 Å². The van der Waals surface area contributed by atoms with Crippen molar-refractivity contribution in [3.8, 4) is 0 Å². The molecule has 3 nitrogen and oxygen atoms in total. The van der Waals surface area contributed by atoms with Gasteiger partial charge in [-0.3, -0.25) is 0 Å². The van der Waals surface area contributed by atoms with Gasteiger partial charge in [-0.2, -0.15) is 0 Å². The Balaban J connectivity index is 1.02. The maximum atomic E-state index is 7.10. The summed E-state index contributed by atoms with van der Waals surface area (Å²) in [5, 5.41) is 0. The van der Waals surface area contributed by atoms with Crippen molar-refractivity contribution in [1.29, 1.82) is 0 Å². The minimum Gasteiger partial charge on any atom is -0.374 e. The highest BCUT2D eigenvalue weighted by Gasteiger charge is 2.65. The van der Waals surface area contributed by atoms with Gasteiger partial charge in [-0.25, -0.2) is 0 Å². The van der Waals surface area contributed by atoms with E-state index in [4.69, 9.17) is 9.47 Å². The molecule has 1 aromatic rings. The van der Waals surface area contributed by atoms with Gasteiger partial charge in [0.1, 0.15) is 0 Å². The average Bonchev–Trinajstić information content (AvgIpc) is 3.53. The molecule has 4 aliphatic carbocycles. The molecule has 0 bridgehead atoms. The third-order valence-electron chi connectivity index (χ3n) is 14.8. The van der Waals surface area contributed by atoms with Gasteiger partial charge >= 0.3 is 0 Å². The molecule has 4 saturated carbocycles. The summed E-state index contributed by atoms with van der Waals surface area (Å²) in [5.74, 6) is 5.79. The van der Waals surface area contributed by atoms with Crippen LogP contribution in [0.25, 0.3) is 0 Å². The van der Waals surface area contributed by atoms with Crippen molar-refractivity contribution in [1.82, 2.24) is 4.90 Å². The Morgan fingerprint density at radius 1 is 0.935 bits per heavy atom. The van der Waals surface area contributed by atoms with Crippen molar-refractivity contribution in [2.75, 3.05) is 19.6 Å². The minimum atomic E-state index is 0.433. The van der Waals surface area contributed by atoms with Gasteiger partial charge in [0.05, 0.1) is 24.9 Å². The van der Waals surface area contributed by atoms with Crippen LogP contribution in [0.5, 0.6) is 0 Å². The predicted molar refractivity (Wildman–Crippen MR) is 196 cm³/mol. The zero-order chi connectivity index (χ0) is 32.5. The zero-order valence-electron chi connectivity index (χ0n) is 30.5. The highest BCUT2D eigenvalue weighted by atomic mass is 79.9. The number of hydrogen-bond donors (Lipinski definition) is 0. The van der Waals surface area contributed by atoms with Gasteiger partial charge < -0.3 is 14.4 Å². The van der Waals surface area contributed by atoms with Crippen molar-refractivity contribution in [3.05, 3.63) is 34.3 Å². The molecule has 0 radical (unpaired) electrons. The van der Waals surface area contributed by atoms with Crippen LogP contribution in [0.15, 0.2) is 28.7 Å². The molecule has 0 aromatic heterocycles. The van der Waals surface area contributed by atoms with Gasteiger partial charge in [0.15, 0.2) is 0 Å². The third-order valence-corrected chi connectivity index (χ3v) is 15.3. The Morgan fingerprint density at radius 3 is 2.37 bits per heavy atom. The van der Waals surface area contributed by atoms with Crippen LogP contribution in [0.4, 0.5) is 0 Å². The summed E-state index contributed by atoms with van der Waals surface area (Å²) in [6.07, 6.45) is 20.3. The van der Waals surface area contributed by atoms with Gasteiger partial charge in [0, 0.05) is 11.0 Å². The van der Waals surface area contributed by atoms with Crippen LogP contribution in [-0.4, -0.2) is 42.8 Å². The number of nitrogens with zero attached hydrogens (tertiary/aromatic N) is 1. The summed E-state index contributed by atoms with van der Waals surface area (Å²) in [6, 6.07) is 8.67. The molecule has 6 rings (SSSR count). The van der Waals surface area contributed by atoms with Crippen LogP contribution >= 0.6 is 15.9 Å². The van der Waals surface area contributed by atoms with Gasteiger partial charge in [0.2, 0.25) is 0 Å². The van der Waals surface area contributed by atoms with Crippen LogP contribution in [0.1, 0.15) is 137 Å². The first-order valence-corrected chi connectivity index (χ1v) is 20.7. The zero-order valence-corrected chi connectivity index (χ0v) is 32.0. The molecule has 0 spiro atoms. The maximum absolute atomic E-state index is 7.10. The summed E-state index contributed by atoms with van der Waals surface area (Å²) < 4.78 is 14.8. The van der Waals surface area contributed by atoms with E-state index in [-0.39, 0.29) is 0 Å². The summed E-state index contributed by atoms with van der Waals surface area (Å²) >= 11 is 3.56. The monoisotopic (exact) mass is 697 g/mol. The molecule has 1 saturated heterocycles. The van der Waals surface area contributed by atoms with E-state index in [1.54, 1.807) is 0 Å². The van der Waals surface area contributed by atoms with E-state index in [0.29, 0.717) is 35.1 Å². The molecule has 0 N–H and O–H groups in total. The molecule has 12 atom stereocenters. The molecule has 46 heavy (non-hydrogen) atoms. The van der Waals surface area contributed by atoms with Crippen LogP contribution < -0.4 is 0 Å². The second kappa shape index (κ2) is 15.2. The second-order valence-electron chi connectivity index (χ2n) is 17.6. The fraction of sp³-hybridized carbons (Fsp3) is 0.857. The van der Waals surface area contributed by atoms with Crippen molar-refractivity contribution >= 4 is 15.9 Å². The van der Waals surface area contributed by atoms with Crippen molar-refractivity contribution in [2.45, 2.75) is 156 Å². The smallest absolute Gasteiger partial charge is 0.0720 e. The van der Waals surface area contributed by atoms with E-state index in [1.165, 1.54) is 115 Å². The van der Waals surface area contributed by atoms with Gasteiger partial charge in [-0.1, -0.05) is 82.4 Å². The summed E-state index contributed by atoms with van der Waals surface area (Å²) in [5.41, 5.74) is 2.28. The van der Waals surface area contributed by atoms with Crippen LogP contribution in [-0.2, 0) is 16.1 Å². The number of benzene rings is 1. The van der Waals surface area contributed by atoms with E-state index < -0.39 is 0 Å². The fourth-order valence-electron chi connectivity index (χ4n) is 12.2. The summed E-state index contributed by atoms with van der Waals surface area (Å²) in [7, 11) is 0. The lowest BCUT2D eigenvalue weighted by Crippen LogP contribution is -2.54. The standard InChI is InChI=1S/C42H68BrNO2/c1-7-9-23-44(24-10-8-2)27-29(3)11-18-38-30(4)40-39(46-38)26-37-35-17-14-32-25-34(45-28-31-12-15-33(43)16-13-31)19-21-41(32,5)36(35)20-22-42(37,40)6/h12-13,15-16,29-30,32,34-40H,7-11,14,17-28H2,1-6H3/t29-,30+,32+,34-,35+,36-,37-,38+,39-,40-,41-,42-/m0/s1. The number of hydrogen-bond acceptors (Lipinski definition) is 3.